The van der Waals surface area contributed by atoms with Crippen LogP contribution in [0.5, 0.6) is 0 Å². The molecule has 2 N–H and O–H groups in total. The van der Waals surface area contributed by atoms with Crippen molar-refractivity contribution < 1.29 is 9.90 Å². The second-order valence-electron chi connectivity index (χ2n) is 5.19. The van der Waals surface area contributed by atoms with Gasteiger partial charge in [-0.25, -0.2) is 0 Å². The van der Waals surface area contributed by atoms with Crippen molar-refractivity contribution in [2.45, 2.75) is 32.7 Å². The molecule has 1 amide bonds. The SMILES string of the molecule is Cc1ccc(/C=C/C(=O)NC(C)(C)CCO)cc1Cl. The van der Waals surface area contributed by atoms with Crippen molar-refractivity contribution in [3.63, 3.8) is 0 Å². The number of nitrogens with one attached hydrogen (secondary N) is 1. The van der Waals surface area contributed by atoms with Crippen LogP contribution in [-0.2, 0) is 4.79 Å². The first-order valence-electron chi connectivity index (χ1n) is 6.21. The maximum absolute atomic E-state index is 11.7. The van der Waals surface area contributed by atoms with Gasteiger partial charge in [0.1, 0.15) is 0 Å². The molecule has 3 nitrogen and oxygen atoms in total. The lowest BCUT2D eigenvalue weighted by atomic mass is 10.0. The monoisotopic (exact) mass is 281 g/mol. The molecule has 104 valence electrons. The standard InChI is InChI=1S/C15H20ClNO2/c1-11-4-5-12(10-13(11)16)6-7-14(19)17-15(2,3)8-9-18/h4-7,10,18H,8-9H2,1-3H3,(H,17,19)/b7-6+. The second kappa shape index (κ2) is 6.73. The number of carbonyl (C=O) groups excluding carboxylic acids is 1. The van der Waals surface area contributed by atoms with E-state index < -0.39 is 5.54 Å². The van der Waals surface area contributed by atoms with Gasteiger partial charge in [0, 0.05) is 23.2 Å². The fraction of sp³-hybridized carbons (Fsp3) is 0.400. The molecule has 0 heterocycles. The average molecular weight is 282 g/mol. The van der Waals surface area contributed by atoms with E-state index in [4.69, 9.17) is 16.7 Å². The third kappa shape index (κ3) is 5.45. The molecule has 0 saturated heterocycles. The zero-order valence-corrected chi connectivity index (χ0v) is 12.3. The van der Waals surface area contributed by atoms with E-state index in [1.807, 2.05) is 39.0 Å². The zero-order chi connectivity index (χ0) is 14.5. The summed E-state index contributed by atoms with van der Waals surface area (Å²) in [5.74, 6) is -0.185. The highest BCUT2D eigenvalue weighted by atomic mass is 35.5. The van der Waals surface area contributed by atoms with Crippen molar-refractivity contribution in [2.24, 2.45) is 0 Å². The van der Waals surface area contributed by atoms with E-state index >= 15 is 0 Å². The zero-order valence-electron chi connectivity index (χ0n) is 11.5. The topological polar surface area (TPSA) is 49.3 Å². The molecular weight excluding hydrogens is 262 g/mol. The number of carbonyl (C=O) groups is 1. The Morgan fingerprint density at radius 2 is 2.16 bits per heavy atom. The second-order valence-corrected chi connectivity index (χ2v) is 5.60. The summed E-state index contributed by atoms with van der Waals surface area (Å²) in [5.41, 5.74) is 1.47. The molecule has 4 heteroatoms. The Kier molecular flexibility index (Phi) is 5.58. The van der Waals surface area contributed by atoms with Crippen LogP contribution in [-0.4, -0.2) is 23.2 Å². The lowest BCUT2D eigenvalue weighted by molar-refractivity contribution is -0.118. The van der Waals surface area contributed by atoms with Crippen LogP contribution in [0.4, 0.5) is 0 Å². The lowest BCUT2D eigenvalue weighted by Gasteiger charge is -2.24. The molecule has 0 fully saturated rings. The Hall–Kier alpha value is -1.32. The van der Waals surface area contributed by atoms with Gasteiger partial charge >= 0.3 is 0 Å². The maximum Gasteiger partial charge on any atom is 0.244 e. The molecule has 0 aliphatic heterocycles. The van der Waals surface area contributed by atoms with Gasteiger partial charge in [0.2, 0.25) is 5.91 Å². The normalized spacial score (nSPS) is 11.8. The number of aryl methyl sites for hydroxylation is 1. The molecule has 0 aliphatic rings. The predicted molar refractivity (Wildman–Crippen MR) is 79.1 cm³/mol. The number of hydrogen-bond acceptors (Lipinski definition) is 2. The minimum absolute atomic E-state index is 0.0462. The van der Waals surface area contributed by atoms with Crippen molar-refractivity contribution in [1.82, 2.24) is 5.32 Å². The fourth-order valence-electron chi connectivity index (χ4n) is 1.60. The Bertz CT molecular complexity index is 481. The van der Waals surface area contributed by atoms with Gasteiger partial charge in [-0.1, -0.05) is 23.7 Å². The Labute approximate surface area is 119 Å². The number of halogens is 1. The molecule has 19 heavy (non-hydrogen) atoms. The van der Waals surface area contributed by atoms with Crippen LogP contribution in [0.15, 0.2) is 24.3 Å². The number of aliphatic hydroxyl groups is 1. The summed E-state index contributed by atoms with van der Waals surface area (Å²) >= 11 is 6.01. The van der Waals surface area contributed by atoms with Crippen LogP contribution in [0.1, 0.15) is 31.4 Å². The van der Waals surface area contributed by atoms with Crippen LogP contribution >= 0.6 is 11.6 Å². The van der Waals surface area contributed by atoms with E-state index in [1.54, 1.807) is 6.08 Å². The van der Waals surface area contributed by atoms with E-state index in [9.17, 15) is 4.79 Å². The molecule has 0 atom stereocenters. The summed E-state index contributed by atoms with van der Waals surface area (Å²) in [5, 5.41) is 12.4. The van der Waals surface area contributed by atoms with Gasteiger partial charge in [0.15, 0.2) is 0 Å². The molecule has 0 unspecified atom stereocenters. The van der Waals surface area contributed by atoms with Crippen LogP contribution in [0.2, 0.25) is 5.02 Å². The molecular formula is C15H20ClNO2. The first-order chi connectivity index (χ1) is 8.84. The van der Waals surface area contributed by atoms with E-state index in [1.165, 1.54) is 6.08 Å². The maximum atomic E-state index is 11.7. The summed E-state index contributed by atoms with van der Waals surface area (Å²) in [6.07, 6.45) is 3.71. The molecule has 0 aliphatic carbocycles. The molecule has 0 aromatic heterocycles. The number of aliphatic hydroxyl groups excluding tert-OH is 1. The van der Waals surface area contributed by atoms with E-state index in [2.05, 4.69) is 5.32 Å². The minimum Gasteiger partial charge on any atom is -0.396 e. The average Bonchev–Trinajstić information content (AvgIpc) is 2.30. The molecule has 1 aromatic rings. The minimum atomic E-state index is -0.416. The highest BCUT2D eigenvalue weighted by Crippen LogP contribution is 2.17. The molecule has 0 saturated carbocycles. The van der Waals surface area contributed by atoms with E-state index in [0.717, 1.165) is 11.1 Å². The Morgan fingerprint density at radius 1 is 1.47 bits per heavy atom. The fourth-order valence-corrected chi connectivity index (χ4v) is 1.79. The van der Waals surface area contributed by atoms with Gasteiger partial charge in [0.25, 0.3) is 0 Å². The highest BCUT2D eigenvalue weighted by Gasteiger charge is 2.17. The predicted octanol–water partition coefficient (Wildman–Crippen LogP) is 2.94. The quantitative estimate of drug-likeness (QED) is 0.815. The Morgan fingerprint density at radius 3 is 2.74 bits per heavy atom. The van der Waals surface area contributed by atoms with Crippen molar-refractivity contribution in [1.29, 1.82) is 0 Å². The summed E-state index contributed by atoms with van der Waals surface area (Å²) in [6, 6.07) is 5.64. The van der Waals surface area contributed by atoms with Crippen molar-refractivity contribution in [2.75, 3.05) is 6.61 Å². The van der Waals surface area contributed by atoms with Gasteiger partial charge in [0.05, 0.1) is 0 Å². The molecule has 0 radical (unpaired) electrons. The third-order valence-corrected chi connectivity index (χ3v) is 3.23. The first kappa shape index (κ1) is 15.7. The van der Waals surface area contributed by atoms with Crippen LogP contribution in [0.3, 0.4) is 0 Å². The molecule has 0 bridgehead atoms. The first-order valence-corrected chi connectivity index (χ1v) is 6.59. The van der Waals surface area contributed by atoms with Gasteiger partial charge in [-0.15, -0.1) is 0 Å². The van der Waals surface area contributed by atoms with Crippen molar-refractivity contribution in [3.05, 3.63) is 40.4 Å². The Balaban J connectivity index is 2.65. The van der Waals surface area contributed by atoms with Crippen molar-refractivity contribution in [3.8, 4) is 0 Å². The van der Waals surface area contributed by atoms with E-state index in [-0.39, 0.29) is 12.5 Å². The number of hydrogen-bond donors (Lipinski definition) is 2. The smallest absolute Gasteiger partial charge is 0.244 e. The summed E-state index contributed by atoms with van der Waals surface area (Å²) in [4.78, 5) is 11.7. The van der Waals surface area contributed by atoms with Crippen molar-refractivity contribution >= 4 is 23.6 Å². The summed E-state index contributed by atoms with van der Waals surface area (Å²) < 4.78 is 0. The van der Waals surface area contributed by atoms with Gasteiger partial charge in [-0.05, 0) is 50.5 Å². The molecule has 0 spiro atoms. The van der Waals surface area contributed by atoms with Crippen LogP contribution < -0.4 is 5.32 Å². The van der Waals surface area contributed by atoms with Crippen LogP contribution in [0, 0.1) is 6.92 Å². The largest absolute Gasteiger partial charge is 0.396 e. The molecule has 1 aromatic carbocycles. The van der Waals surface area contributed by atoms with Crippen LogP contribution in [0.25, 0.3) is 6.08 Å². The highest BCUT2D eigenvalue weighted by molar-refractivity contribution is 6.31. The van der Waals surface area contributed by atoms with Gasteiger partial charge < -0.3 is 10.4 Å². The van der Waals surface area contributed by atoms with E-state index in [0.29, 0.717) is 11.4 Å². The lowest BCUT2D eigenvalue weighted by Crippen LogP contribution is -2.43. The third-order valence-electron chi connectivity index (χ3n) is 2.82. The van der Waals surface area contributed by atoms with Gasteiger partial charge in [-0.3, -0.25) is 4.79 Å². The number of benzene rings is 1. The summed E-state index contributed by atoms with van der Waals surface area (Å²) in [6.45, 7) is 5.72. The number of amides is 1. The van der Waals surface area contributed by atoms with Gasteiger partial charge in [-0.2, -0.15) is 0 Å². The summed E-state index contributed by atoms with van der Waals surface area (Å²) in [7, 11) is 0. The molecule has 1 rings (SSSR count). The number of rotatable bonds is 5.